The Morgan fingerprint density at radius 2 is 2.00 bits per heavy atom. The number of carbonyl (C=O) groups excluding carboxylic acids is 3. The summed E-state index contributed by atoms with van der Waals surface area (Å²) in [4.78, 5) is 32.6. The van der Waals surface area contributed by atoms with Gasteiger partial charge >= 0.3 is 6.03 Å². The van der Waals surface area contributed by atoms with Gasteiger partial charge in [-0.2, -0.15) is 0 Å². The molecule has 1 aliphatic rings. The number of imide groups is 1. The van der Waals surface area contributed by atoms with Crippen LogP contribution in [0.3, 0.4) is 0 Å². The van der Waals surface area contributed by atoms with Crippen LogP contribution in [0.4, 0.5) is 4.79 Å². The van der Waals surface area contributed by atoms with E-state index in [9.17, 15) is 14.4 Å². The van der Waals surface area contributed by atoms with Gasteiger partial charge in [0.25, 0.3) is 5.91 Å². The summed E-state index contributed by atoms with van der Waals surface area (Å²) in [6, 6.07) is -0.893. The first-order valence-corrected chi connectivity index (χ1v) is 4.73. The molecule has 13 heavy (non-hydrogen) atoms. The minimum atomic E-state index is -0.514. The van der Waals surface area contributed by atoms with E-state index in [2.05, 4.69) is 18.8 Å². The van der Waals surface area contributed by atoms with Crippen molar-refractivity contribution in [3.63, 3.8) is 0 Å². The van der Waals surface area contributed by atoms with Crippen LogP contribution in [0, 0.1) is 0 Å². The summed E-state index contributed by atoms with van der Waals surface area (Å²) in [5.41, 5.74) is 0. The molecule has 1 fully saturated rings. The Bertz CT molecular complexity index is 258. The second-order valence-electron chi connectivity index (χ2n) is 2.66. The third-order valence-corrected chi connectivity index (χ3v) is 2.90. The fraction of sp³-hybridized carbons (Fsp3) is 0.500. The Labute approximate surface area is 80.3 Å². The number of hydrogen-bond acceptors (Lipinski definition) is 3. The maximum atomic E-state index is 11.3. The van der Waals surface area contributed by atoms with Gasteiger partial charge in [0, 0.05) is 6.42 Å². The molecule has 0 aliphatic carbocycles. The van der Waals surface area contributed by atoms with Crippen LogP contribution < -0.4 is 0 Å². The van der Waals surface area contributed by atoms with Gasteiger partial charge in [-0.05, 0) is 25.2 Å². The molecule has 0 spiro atoms. The van der Waals surface area contributed by atoms with Gasteiger partial charge in [-0.25, -0.2) is 9.46 Å². The molecule has 0 bridgehead atoms. The van der Waals surface area contributed by atoms with E-state index in [0.717, 1.165) is 11.0 Å². The third kappa shape index (κ3) is 1.87. The van der Waals surface area contributed by atoms with Crippen molar-refractivity contribution in [3.05, 3.63) is 0 Å². The highest BCUT2D eigenvalue weighted by atomic mass is 31.0. The maximum absolute atomic E-state index is 11.3. The quantitative estimate of drug-likeness (QED) is 0.387. The summed E-state index contributed by atoms with van der Waals surface area (Å²) in [5, 5.41) is 0. The van der Waals surface area contributed by atoms with Crippen molar-refractivity contribution in [2.24, 2.45) is 0 Å². The smallest absolute Gasteiger partial charge is 0.303 e. The van der Waals surface area contributed by atoms with Crippen LogP contribution in [-0.2, 0) is 9.59 Å². The second-order valence-corrected chi connectivity index (χ2v) is 3.73. The summed E-state index contributed by atoms with van der Waals surface area (Å²) in [6.45, 7) is 0. The summed E-state index contributed by atoms with van der Waals surface area (Å²) >= 11 is 0. The van der Waals surface area contributed by atoms with Crippen LogP contribution in [0.25, 0.3) is 0 Å². The standard InChI is InChI=1S/C6H10N2O3P2/c9-3-1-2-4-5(10)8(13)6(11)7(4)12/h3-4H,1-2,12-13H2. The average Bonchev–Trinajstić information content (AvgIpc) is 2.30. The van der Waals surface area contributed by atoms with Crippen molar-refractivity contribution in [3.8, 4) is 0 Å². The number of nitrogens with zero attached hydrogens (tertiary/aromatic N) is 2. The third-order valence-electron chi connectivity index (χ3n) is 1.84. The lowest BCUT2D eigenvalue weighted by Gasteiger charge is -2.13. The maximum Gasteiger partial charge on any atom is 0.333 e. The summed E-state index contributed by atoms with van der Waals surface area (Å²) in [6.07, 6.45) is 1.40. The molecule has 0 saturated carbocycles. The Morgan fingerprint density at radius 1 is 1.38 bits per heavy atom. The van der Waals surface area contributed by atoms with Gasteiger partial charge in [0.15, 0.2) is 0 Å². The van der Waals surface area contributed by atoms with E-state index in [1.165, 1.54) is 4.67 Å². The molecule has 3 atom stereocenters. The monoisotopic (exact) mass is 220 g/mol. The van der Waals surface area contributed by atoms with Gasteiger partial charge in [0.1, 0.15) is 12.3 Å². The first-order chi connectivity index (χ1) is 6.09. The number of amides is 3. The minimum absolute atomic E-state index is 0.285. The highest BCUT2D eigenvalue weighted by Crippen LogP contribution is 2.26. The van der Waals surface area contributed by atoms with Crippen molar-refractivity contribution in [2.45, 2.75) is 18.9 Å². The molecule has 5 nitrogen and oxygen atoms in total. The van der Waals surface area contributed by atoms with E-state index in [0.29, 0.717) is 6.42 Å². The van der Waals surface area contributed by atoms with Gasteiger partial charge < -0.3 is 4.79 Å². The number of rotatable bonds is 3. The van der Waals surface area contributed by atoms with Crippen molar-refractivity contribution in [1.29, 1.82) is 0 Å². The zero-order chi connectivity index (χ0) is 10.0. The molecule has 0 aromatic heterocycles. The molecular weight excluding hydrogens is 210 g/mol. The van der Waals surface area contributed by atoms with Gasteiger partial charge in [-0.3, -0.25) is 9.46 Å². The van der Waals surface area contributed by atoms with Crippen molar-refractivity contribution >= 4 is 37.0 Å². The van der Waals surface area contributed by atoms with Crippen LogP contribution in [0.5, 0.6) is 0 Å². The Morgan fingerprint density at radius 3 is 2.38 bits per heavy atom. The second kappa shape index (κ2) is 4.12. The topological polar surface area (TPSA) is 57.7 Å². The normalized spacial score (nSPS) is 22.8. The molecule has 1 rings (SSSR count). The summed E-state index contributed by atoms with van der Waals surface area (Å²) in [7, 11) is 4.24. The molecule has 0 N–H and O–H groups in total. The average molecular weight is 220 g/mol. The van der Waals surface area contributed by atoms with Crippen molar-refractivity contribution in [1.82, 2.24) is 9.34 Å². The molecule has 0 aromatic carbocycles. The van der Waals surface area contributed by atoms with E-state index >= 15 is 0 Å². The first-order valence-electron chi connectivity index (χ1n) is 3.69. The van der Waals surface area contributed by atoms with Crippen LogP contribution in [0.15, 0.2) is 0 Å². The largest absolute Gasteiger partial charge is 0.333 e. The zero-order valence-electron chi connectivity index (χ0n) is 6.84. The van der Waals surface area contributed by atoms with E-state index in [1.54, 1.807) is 0 Å². The number of aldehydes is 1. The Hall–Kier alpha value is -0.530. The number of hydrogen-bond donors (Lipinski definition) is 0. The SMILES string of the molecule is O=CCCC1C(=O)N(P)C(=O)N1P. The van der Waals surface area contributed by atoms with Gasteiger partial charge in [0.05, 0.1) is 0 Å². The van der Waals surface area contributed by atoms with Crippen LogP contribution in [0.2, 0.25) is 0 Å². The number of urea groups is 1. The van der Waals surface area contributed by atoms with Gasteiger partial charge in [-0.15, -0.1) is 0 Å². The minimum Gasteiger partial charge on any atom is -0.303 e. The van der Waals surface area contributed by atoms with E-state index < -0.39 is 6.04 Å². The molecule has 72 valence electrons. The highest BCUT2D eigenvalue weighted by molar-refractivity contribution is 7.18. The molecule has 1 aliphatic heterocycles. The fourth-order valence-electron chi connectivity index (χ4n) is 1.12. The van der Waals surface area contributed by atoms with E-state index in [4.69, 9.17) is 0 Å². The number of carbonyl (C=O) groups is 3. The highest BCUT2D eigenvalue weighted by Gasteiger charge is 2.40. The molecule has 0 radical (unpaired) electrons. The molecule has 3 unspecified atom stereocenters. The lowest BCUT2D eigenvalue weighted by atomic mass is 10.2. The van der Waals surface area contributed by atoms with Crippen molar-refractivity contribution in [2.75, 3.05) is 0 Å². The predicted octanol–water partition coefficient (Wildman–Crippen LogP) is 0.178. The van der Waals surface area contributed by atoms with E-state index in [-0.39, 0.29) is 18.4 Å². The lowest BCUT2D eigenvalue weighted by Crippen LogP contribution is -2.26. The van der Waals surface area contributed by atoms with E-state index in [1.807, 2.05) is 0 Å². The predicted molar refractivity (Wildman–Crippen MR) is 52.6 cm³/mol. The van der Waals surface area contributed by atoms with Crippen molar-refractivity contribution < 1.29 is 14.4 Å². The molecule has 7 heteroatoms. The van der Waals surface area contributed by atoms with Gasteiger partial charge in [0.2, 0.25) is 0 Å². The Balaban J connectivity index is 2.69. The van der Waals surface area contributed by atoms with Crippen LogP contribution in [0.1, 0.15) is 12.8 Å². The molecular formula is C6H10N2O3P2. The summed E-state index contributed by atoms with van der Waals surface area (Å²) < 4.78 is 2.24. The Kier molecular flexibility index (Phi) is 3.34. The van der Waals surface area contributed by atoms with Gasteiger partial charge in [-0.1, -0.05) is 0 Å². The fourth-order valence-corrected chi connectivity index (χ4v) is 1.96. The van der Waals surface area contributed by atoms with Crippen LogP contribution >= 0.6 is 18.8 Å². The molecule has 3 amide bonds. The zero-order valence-corrected chi connectivity index (χ0v) is 9.15. The lowest BCUT2D eigenvalue weighted by molar-refractivity contribution is -0.124. The summed E-state index contributed by atoms with van der Waals surface area (Å²) in [5.74, 6) is -0.285. The molecule has 1 heterocycles. The molecule has 0 aromatic rings. The first kappa shape index (κ1) is 10.6. The van der Waals surface area contributed by atoms with Crippen LogP contribution in [-0.4, -0.2) is 33.6 Å². The molecule has 1 saturated heterocycles.